The molecular weight excluding hydrogens is 223 g/mol. The van der Waals surface area contributed by atoms with Crippen LogP contribution in [0, 0.1) is 5.95 Å². The van der Waals surface area contributed by atoms with Gasteiger partial charge in [0.15, 0.2) is 0 Å². The Balaban J connectivity index is 2.01. The molecule has 1 N–H and O–H groups in total. The molecule has 2 aromatic heterocycles. The highest BCUT2D eigenvalue weighted by molar-refractivity contribution is 5.93. The van der Waals surface area contributed by atoms with E-state index in [2.05, 4.69) is 20.3 Å². The Bertz CT molecular complexity index is 518. The van der Waals surface area contributed by atoms with Gasteiger partial charge < -0.3 is 5.32 Å². The van der Waals surface area contributed by atoms with E-state index in [4.69, 9.17) is 0 Å². The number of rotatable bonds is 3. The molecule has 0 saturated heterocycles. The Morgan fingerprint density at radius 2 is 2.18 bits per heavy atom. The Hall–Kier alpha value is -2.37. The van der Waals surface area contributed by atoms with Crippen molar-refractivity contribution >= 4 is 5.91 Å². The van der Waals surface area contributed by atoms with Crippen molar-refractivity contribution < 1.29 is 9.18 Å². The average Bonchev–Trinajstić information content (AvgIpc) is 2.38. The van der Waals surface area contributed by atoms with Gasteiger partial charge in [0.25, 0.3) is 5.91 Å². The van der Waals surface area contributed by atoms with Gasteiger partial charge in [0.2, 0.25) is 5.95 Å². The summed E-state index contributed by atoms with van der Waals surface area (Å²) in [6.07, 6.45) is 4.24. The van der Waals surface area contributed by atoms with E-state index in [0.717, 1.165) is 0 Å². The van der Waals surface area contributed by atoms with Crippen LogP contribution >= 0.6 is 0 Å². The zero-order valence-electron chi connectivity index (χ0n) is 8.80. The number of nitrogens with zero attached hydrogens (tertiary/aromatic N) is 3. The molecule has 0 aromatic carbocycles. The molecule has 6 heteroatoms. The lowest BCUT2D eigenvalue weighted by atomic mass is 10.2. The van der Waals surface area contributed by atoms with Gasteiger partial charge in [-0.1, -0.05) is 0 Å². The third-order valence-corrected chi connectivity index (χ3v) is 2.08. The second-order valence-corrected chi connectivity index (χ2v) is 3.23. The first-order valence-electron chi connectivity index (χ1n) is 4.91. The number of carbonyl (C=O) groups is 1. The molecule has 0 radical (unpaired) electrons. The van der Waals surface area contributed by atoms with Crippen molar-refractivity contribution in [3.63, 3.8) is 0 Å². The summed E-state index contributed by atoms with van der Waals surface area (Å²) in [5.41, 5.74) is 0.569. The van der Waals surface area contributed by atoms with E-state index in [-0.39, 0.29) is 12.1 Å². The van der Waals surface area contributed by atoms with Crippen molar-refractivity contribution in [2.24, 2.45) is 0 Å². The zero-order valence-corrected chi connectivity index (χ0v) is 8.80. The van der Waals surface area contributed by atoms with Gasteiger partial charge in [-0.15, -0.1) is 0 Å². The van der Waals surface area contributed by atoms with Crippen molar-refractivity contribution in [2.75, 3.05) is 0 Å². The van der Waals surface area contributed by atoms with Crippen LogP contribution in [0.4, 0.5) is 4.39 Å². The van der Waals surface area contributed by atoms with Crippen LogP contribution in [0.5, 0.6) is 0 Å². The van der Waals surface area contributed by atoms with E-state index in [0.29, 0.717) is 5.69 Å². The zero-order chi connectivity index (χ0) is 12.1. The molecule has 5 nitrogen and oxygen atoms in total. The maximum atomic E-state index is 13.2. The second-order valence-electron chi connectivity index (χ2n) is 3.23. The first-order valence-corrected chi connectivity index (χ1v) is 4.91. The Morgan fingerprint density at radius 1 is 1.29 bits per heavy atom. The van der Waals surface area contributed by atoms with Crippen LogP contribution in [-0.2, 0) is 6.54 Å². The fourth-order valence-corrected chi connectivity index (χ4v) is 1.24. The smallest absolute Gasteiger partial charge is 0.256 e. The predicted octanol–water partition coefficient (Wildman–Crippen LogP) is 0.941. The van der Waals surface area contributed by atoms with E-state index >= 15 is 0 Å². The van der Waals surface area contributed by atoms with Gasteiger partial charge in [-0.3, -0.25) is 4.79 Å². The molecule has 0 aliphatic carbocycles. The molecule has 2 rings (SSSR count). The quantitative estimate of drug-likeness (QED) is 0.800. The lowest BCUT2D eigenvalue weighted by Gasteiger charge is -2.04. The molecule has 0 aliphatic rings. The van der Waals surface area contributed by atoms with Crippen LogP contribution in [0.2, 0.25) is 0 Å². The molecule has 0 bridgehead atoms. The fourth-order valence-electron chi connectivity index (χ4n) is 1.24. The molecule has 0 unspecified atom stereocenters. The summed E-state index contributed by atoms with van der Waals surface area (Å²) in [4.78, 5) is 22.7. The van der Waals surface area contributed by atoms with Crippen molar-refractivity contribution in [3.8, 4) is 0 Å². The number of pyridine rings is 1. The molecule has 0 fully saturated rings. The third-order valence-electron chi connectivity index (χ3n) is 2.08. The molecule has 0 aliphatic heterocycles. The number of halogens is 1. The topological polar surface area (TPSA) is 67.8 Å². The fraction of sp³-hybridized carbons (Fsp3) is 0.0909. The van der Waals surface area contributed by atoms with Gasteiger partial charge >= 0.3 is 0 Å². The summed E-state index contributed by atoms with van der Waals surface area (Å²) in [6.45, 7) is 0.218. The lowest BCUT2D eigenvalue weighted by molar-refractivity contribution is 0.0945. The summed E-state index contributed by atoms with van der Waals surface area (Å²) in [7, 11) is 0. The molecule has 0 spiro atoms. The summed E-state index contributed by atoms with van der Waals surface area (Å²) >= 11 is 0. The van der Waals surface area contributed by atoms with Crippen molar-refractivity contribution in [1.82, 2.24) is 20.3 Å². The molecule has 2 heterocycles. The Kier molecular flexibility index (Phi) is 3.34. The van der Waals surface area contributed by atoms with E-state index in [9.17, 15) is 9.18 Å². The van der Waals surface area contributed by atoms with Crippen LogP contribution in [0.3, 0.4) is 0 Å². The maximum Gasteiger partial charge on any atom is 0.256 e. The van der Waals surface area contributed by atoms with Crippen LogP contribution in [0.25, 0.3) is 0 Å². The Morgan fingerprint density at radius 3 is 2.88 bits per heavy atom. The molecule has 2 aromatic rings. The standard InChI is InChI=1S/C11H9FN4O/c12-10-9(2-1-4-14-10)11(17)15-6-8-3-5-13-7-16-8/h1-5,7H,6H2,(H,15,17). The number of amides is 1. The van der Waals surface area contributed by atoms with Gasteiger partial charge in [-0.05, 0) is 18.2 Å². The van der Waals surface area contributed by atoms with E-state index in [1.54, 1.807) is 12.3 Å². The summed E-state index contributed by atoms with van der Waals surface area (Å²) in [6, 6.07) is 4.54. The van der Waals surface area contributed by atoms with Crippen LogP contribution in [0.15, 0.2) is 36.9 Å². The number of carbonyl (C=O) groups excluding carboxylic acids is 1. The van der Waals surface area contributed by atoms with Gasteiger partial charge in [-0.25, -0.2) is 15.0 Å². The second kappa shape index (κ2) is 5.11. The largest absolute Gasteiger partial charge is 0.346 e. The summed E-state index contributed by atoms with van der Waals surface area (Å²) < 4.78 is 13.2. The number of hydrogen-bond acceptors (Lipinski definition) is 4. The normalized spacial score (nSPS) is 9.94. The summed E-state index contributed by atoms with van der Waals surface area (Å²) in [5, 5.41) is 2.55. The third kappa shape index (κ3) is 2.81. The van der Waals surface area contributed by atoms with E-state index in [1.165, 1.54) is 24.7 Å². The van der Waals surface area contributed by atoms with Crippen molar-refractivity contribution in [1.29, 1.82) is 0 Å². The van der Waals surface area contributed by atoms with E-state index < -0.39 is 11.9 Å². The minimum absolute atomic E-state index is 0.0819. The van der Waals surface area contributed by atoms with Crippen molar-refractivity contribution in [2.45, 2.75) is 6.54 Å². The van der Waals surface area contributed by atoms with E-state index in [1.807, 2.05) is 0 Å². The van der Waals surface area contributed by atoms with Gasteiger partial charge in [0.05, 0.1) is 17.8 Å². The van der Waals surface area contributed by atoms with Gasteiger partial charge in [-0.2, -0.15) is 4.39 Å². The number of nitrogens with one attached hydrogen (secondary N) is 1. The van der Waals surface area contributed by atoms with Crippen molar-refractivity contribution in [3.05, 3.63) is 54.1 Å². The highest BCUT2D eigenvalue weighted by atomic mass is 19.1. The lowest BCUT2D eigenvalue weighted by Crippen LogP contribution is -2.24. The maximum absolute atomic E-state index is 13.2. The molecule has 1 amide bonds. The first kappa shape index (κ1) is 11.1. The number of hydrogen-bond donors (Lipinski definition) is 1. The number of aromatic nitrogens is 3. The Labute approximate surface area is 96.8 Å². The molecular formula is C11H9FN4O. The molecule has 17 heavy (non-hydrogen) atoms. The van der Waals surface area contributed by atoms with Crippen LogP contribution < -0.4 is 5.32 Å². The highest BCUT2D eigenvalue weighted by Crippen LogP contribution is 2.03. The highest BCUT2D eigenvalue weighted by Gasteiger charge is 2.11. The SMILES string of the molecule is O=C(NCc1ccncn1)c1cccnc1F. The molecule has 0 saturated carbocycles. The average molecular weight is 232 g/mol. The van der Waals surface area contributed by atoms with Crippen LogP contribution in [0.1, 0.15) is 16.1 Å². The van der Waals surface area contributed by atoms with Gasteiger partial charge in [0.1, 0.15) is 6.33 Å². The molecule has 86 valence electrons. The monoisotopic (exact) mass is 232 g/mol. The predicted molar refractivity (Wildman–Crippen MR) is 57.4 cm³/mol. The minimum Gasteiger partial charge on any atom is -0.346 e. The van der Waals surface area contributed by atoms with Crippen LogP contribution in [-0.4, -0.2) is 20.9 Å². The summed E-state index contributed by atoms with van der Waals surface area (Å²) in [5.74, 6) is -1.30. The first-order chi connectivity index (χ1) is 8.27. The molecule has 0 atom stereocenters. The minimum atomic E-state index is -0.785. The van der Waals surface area contributed by atoms with Gasteiger partial charge in [0, 0.05) is 12.4 Å².